The molecule has 1 atom stereocenters. The SMILES string of the molecule is O=C1NC(=NN=Cc2ccco2)SC1Cc1ccc(Cl)cc1. The van der Waals surface area contributed by atoms with E-state index in [2.05, 4.69) is 15.5 Å². The molecule has 2 heterocycles. The minimum absolute atomic E-state index is 0.0631. The number of hydrogen-bond donors (Lipinski definition) is 1. The van der Waals surface area contributed by atoms with E-state index in [0.29, 0.717) is 22.4 Å². The van der Waals surface area contributed by atoms with Crippen molar-refractivity contribution in [1.82, 2.24) is 5.32 Å². The highest BCUT2D eigenvalue weighted by Gasteiger charge is 2.30. The fourth-order valence-corrected chi connectivity index (χ4v) is 3.02. The average molecular weight is 334 g/mol. The molecule has 0 bridgehead atoms. The fourth-order valence-electron chi connectivity index (χ4n) is 1.92. The third kappa shape index (κ3) is 3.78. The first kappa shape index (κ1) is 14.9. The van der Waals surface area contributed by atoms with Crippen molar-refractivity contribution in [3.8, 4) is 0 Å². The maximum atomic E-state index is 11.9. The van der Waals surface area contributed by atoms with Crippen LogP contribution in [0, 0.1) is 0 Å². The van der Waals surface area contributed by atoms with Crippen LogP contribution in [0.4, 0.5) is 0 Å². The lowest BCUT2D eigenvalue weighted by molar-refractivity contribution is -0.118. The van der Waals surface area contributed by atoms with Crippen LogP contribution in [0.3, 0.4) is 0 Å². The van der Waals surface area contributed by atoms with Crippen molar-refractivity contribution in [3.63, 3.8) is 0 Å². The van der Waals surface area contributed by atoms with Gasteiger partial charge < -0.3 is 9.73 Å². The molecule has 2 aromatic rings. The highest BCUT2D eigenvalue weighted by atomic mass is 35.5. The monoisotopic (exact) mass is 333 g/mol. The molecule has 1 aromatic carbocycles. The molecule has 1 fully saturated rings. The van der Waals surface area contributed by atoms with Crippen molar-refractivity contribution in [2.24, 2.45) is 10.2 Å². The molecule has 0 saturated carbocycles. The number of amidine groups is 1. The molecule has 1 amide bonds. The number of carbonyl (C=O) groups is 1. The number of amides is 1. The van der Waals surface area contributed by atoms with Crippen molar-refractivity contribution in [2.45, 2.75) is 11.7 Å². The number of benzene rings is 1. The first-order chi connectivity index (χ1) is 10.7. The molecule has 22 heavy (non-hydrogen) atoms. The van der Waals surface area contributed by atoms with Gasteiger partial charge in [-0.25, -0.2) is 0 Å². The average Bonchev–Trinajstić information content (AvgIpc) is 3.12. The minimum atomic E-state index is -0.210. The molecule has 1 N–H and O–H groups in total. The molecule has 1 aliphatic rings. The molecule has 1 aliphatic heterocycles. The number of hydrogen-bond acceptors (Lipinski definition) is 5. The summed E-state index contributed by atoms with van der Waals surface area (Å²) in [7, 11) is 0. The van der Waals surface area contributed by atoms with Gasteiger partial charge in [0.25, 0.3) is 0 Å². The predicted octanol–water partition coefficient (Wildman–Crippen LogP) is 3.10. The van der Waals surface area contributed by atoms with E-state index in [1.165, 1.54) is 18.0 Å². The van der Waals surface area contributed by atoms with Crippen molar-refractivity contribution in [3.05, 3.63) is 59.0 Å². The van der Waals surface area contributed by atoms with Crippen LogP contribution in [0.25, 0.3) is 0 Å². The maximum absolute atomic E-state index is 11.9. The second kappa shape index (κ2) is 6.81. The van der Waals surface area contributed by atoms with Crippen LogP contribution in [0.5, 0.6) is 0 Å². The van der Waals surface area contributed by atoms with Gasteiger partial charge in [0.1, 0.15) is 5.76 Å². The van der Waals surface area contributed by atoms with Crippen LogP contribution in [0.15, 0.2) is 57.3 Å². The Morgan fingerprint density at radius 3 is 2.86 bits per heavy atom. The van der Waals surface area contributed by atoms with E-state index in [4.69, 9.17) is 16.0 Å². The molecule has 1 unspecified atom stereocenters. The van der Waals surface area contributed by atoms with Gasteiger partial charge in [-0.2, -0.15) is 5.10 Å². The largest absolute Gasteiger partial charge is 0.463 e. The Kier molecular flexibility index (Phi) is 4.60. The number of halogens is 1. The van der Waals surface area contributed by atoms with Crippen LogP contribution in [0.2, 0.25) is 5.02 Å². The highest BCUT2D eigenvalue weighted by Crippen LogP contribution is 2.24. The lowest BCUT2D eigenvalue weighted by Crippen LogP contribution is -2.25. The summed E-state index contributed by atoms with van der Waals surface area (Å²) in [6.07, 6.45) is 3.67. The Bertz CT molecular complexity index is 711. The smallest absolute Gasteiger partial charge is 0.239 e. The molecule has 0 radical (unpaired) electrons. The van der Waals surface area contributed by atoms with Gasteiger partial charge in [-0.15, -0.1) is 5.10 Å². The van der Waals surface area contributed by atoms with Crippen molar-refractivity contribution in [1.29, 1.82) is 0 Å². The topological polar surface area (TPSA) is 67.0 Å². The zero-order chi connectivity index (χ0) is 15.4. The first-order valence-electron chi connectivity index (χ1n) is 6.57. The van der Waals surface area contributed by atoms with Gasteiger partial charge in [0.2, 0.25) is 5.91 Å². The number of nitrogens with zero attached hydrogens (tertiary/aromatic N) is 2. The summed E-state index contributed by atoms with van der Waals surface area (Å²) in [6, 6.07) is 11.0. The van der Waals surface area contributed by atoms with E-state index in [1.54, 1.807) is 18.4 Å². The van der Waals surface area contributed by atoms with Gasteiger partial charge in [0, 0.05) is 5.02 Å². The third-order valence-corrected chi connectivity index (χ3v) is 4.31. The summed E-state index contributed by atoms with van der Waals surface area (Å²) in [5.41, 5.74) is 1.05. The maximum Gasteiger partial charge on any atom is 0.239 e. The Balaban J connectivity index is 1.61. The lowest BCUT2D eigenvalue weighted by atomic mass is 10.1. The Morgan fingerprint density at radius 2 is 2.14 bits per heavy atom. The Morgan fingerprint density at radius 1 is 1.32 bits per heavy atom. The van der Waals surface area contributed by atoms with Gasteiger partial charge in [-0.05, 0) is 36.2 Å². The number of furan rings is 1. The van der Waals surface area contributed by atoms with Gasteiger partial charge in [-0.3, -0.25) is 4.79 Å². The van der Waals surface area contributed by atoms with Gasteiger partial charge >= 0.3 is 0 Å². The second-order valence-corrected chi connectivity index (χ2v) is 6.22. The van der Waals surface area contributed by atoms with Gasteiger partial charge in [0.05, 0.1) is 17.7 Å². The number of nitrogens with one attached hydrogen (secondary N) is 1. The van der Waals surface area contributed by atoms with E-state index < -0.39 is 0 Å². The summed E-state index contributed by atoms with van der Waals surface area (Å²) in [5, 5.41) is 11.6. The van der Waals surface area contributed by atoms with E-state index in [1.807, 2.05) is 24.3 Å². The van der Waals surface area contributed by atoms with Crippen LogP contribution in [-0.4, -0.2) is 22.5 Å². The van der Waals surface area contributed by atoms with E-state index in [9.17, 15) is 4.79 Å². The summed E-state index contributed by atoms with van der Waals surface area (Å²) >= 11 is 7.22. The number of rotatable bonds is 4. The van der Waals surface area contributed by atoms with Crippen LogP contribution < -0.4 is 5.32 Å². The standard InChI is InChI=1S/C15H12ClN3O2S/c16-11-5-3-10(4-6-11)8-13-14(20)18-15(22-13)19-17-9-12-2-1-7-21-12/h1-7,9,13H,8H2,(H,18,19,20). The summed E-state index contributed by atoms with van der Waals surface area (Å²) in [5.74, 6) is 0.545. The zero-order valence-corrected chi connectivity index (χ0v) is 13.0. The van der Waals surface area contributed by atoms with Crippen molar-refractivity contribution >= 4 is 40.7 Å². The normalized spacial score (nSPS) is 20.0. The lowest BCUT2D eigenvalue weighted by Gasteiger charge is -2.05. The van der Waals surface area contributed by atoms with Gasteiger partial charge in [0.15, 0.2) is 5.17 Å². The molecule has 0 spiro atoms. The molecular formula is C15H12ClN3O2S. The van der Waals surface area contributed by atoms with Crippen LogP contribution in [-0.2, 0) is 11.2 Å². The minimum Gasteiger partial charge on any atom is -0.463 e. The molecule has 7 heteroatoms. The molecule has 0 aliphatic carbocycles. The molecule has 5 nitrogen and oxygen atoms in total. The fraction of sp³-hybridized carbons (Fsp3) is 0.133. The summed E-state index contributed by atoms with van der Waals surface area (Å²) in [6.45, 7) is 0. The van der Waals surface area contributed by atoms with Crippen molar-refractivity contribution < 1.29 is 9.21 Å². The van der Waals surface area contributed by atoms with Crippen LogP contribution in [0.1, 0.15) is 11.3 Å². The third-order valence-electron chi connectivity index (χ3n) is 2.99. The number of carbonyl (C=O) groups excluding carboxylic acids is 1. The number of thioether (sulfide) groups is 1. The highest BCUT2D eigenvalue weighted by molar-refractivity contribution is 8.15. The van der Waals surface area contributed by atoms with Gasteiger partial charge in [-0.1, -0.05) is 35.5 Å². The zero-order valence-electron chi connectivity index (χ0n) is 11.4. The second-order valence-electron chi connectivity index (χ2n) is 4.59. The van der Waals surface area contributed by atoms with E-state index in [-0.39, 0.29) is 11.2 Å². The Hall–Kier alpha value is -2.05. The molecule has 112 valence electrons. The molecule has 1 aromatic heterocycles. The molecular weight excluding hydrogens is 322 g/mol. The first-order valence-corrected chi connectivity index (χ1v) is 7.83. The van der Waals surface area contributed by atoms with E-state index in [0.717, 1.165) is 5.56 Å². The van der Waals surface area contributed by atoms with E-state index >= 15 is 0 Å². The summed E-state index contributed by atoms with van der Waals surface area (Å²) < 4.78 is 5.11. The van der Waals surface area contributed by atoms with Crippen LogP contribution >= 0.6 is 23.4 Å². The quantitative estimate of drug-likeness (QED) is 0.690. The summed E-state index contributed by atoms with van der Waals surface area (Å²) in [4.78, 5) is 11.9. The molecule has 3 rings (SSSR count). The predicted molar refractivity (Wildman–Crippen MR) is 88.4 cm³/mol. The Labute approximate surface area is 136 Å². The van der Waals surface area contributed by atoms with Crippen molar-refractivity contribution in [2.75, 3.05) is 0 Å². The molecule has 1 saturated heterocycles.